The van der Waals surface area contributed by atoms with Crippen LogP contribution in [0.1, 0.15) is 56.9 Å². The molecule has 2 atom stereocenters. The van der Waals surface area contributed by atoms with E-state index >= 15 is 0 Å². The van der Waals surface area contributed by atoms with Crippen molar-refractivity contribution in [2.75, 3.05) is 26.8 Å². The summed E-state index contributed by atoms with van der Waals surface area (Å²) < 4.78 is 10.7. The highest BCUT2D eigenvalue weighted by Gasteiger charge is 2.33. The van der Waals surface area contributed by atoms with Crippen molar-refractivity contribution in [3.63, 3.8) is 0 Å². The molecule has 3 rings (SSSR count). The number of hydrogen-bond donors (Lipinski definition) is 1. The fourth-order valence-corrected chi connectivity index (χ4v) is 4.47. The van der Waals surface area contributed by atoms with Crippen molar-refractivity contribution in [3.8, 4) is 5.75 Å². The molecule has 2 saturated heterocycles. The minimum Gasteiger partial charge on any atom is -0.497 e. The van der Waals surface area contributed by atoms with E-state index in [-0.39, 0.29) is 11.9 Å². The average molecular weight is 403 g/mol. The van der Waals surface area contributed by atoms with E-state index < -0.39 is 0 Å². The Balaban J connectivity index is 1.28. The zero-order valence-corrected chi connectivity index (χ0v) is 17.5. The number of carbonyl (C=O) groups is 2. The smallest absolute Gasteiger partial charge is 0.305 e. The van der Waals surface area contributed by atoms with E-state index in [0.717, 1.165) is 17.7 Å². The van der Waals surface area contributed by atoms with Crippen LogP contribution in [-0.2, 0) is 20.9 Å². The Morgan fingerprint density at radius 1 is 1.07 bits per heavy atom. The molecule has 0 aromatic heterocycles. The molecule has 29 heavy (non-hydrogen) atoms. The van der Waals surface area contributed by atoms with Crippen molar-refractivity contribution in [3.05, 3.63) is 29.8 Å². The van der Waals surface area contributed by atoms with Crippen molar-refractivity contribution in [2.24, 2.45) is 5.92 Å². The lowest BCUT2D eigenvalue weighted by atomic mass is 9.84. The third kappa shape index (κ3) is 6.74. The van der Waals surface area contributed by atoms with Gasteiger partial charge in [-0.15, -0.1) is 0 Å². The van der Waals surface area contributed by atoms with E-state index in [1.807, 2.05) is 24.3 Å². The molecule has 2 aliphatic heterocycles. The fourth-order valence-electron chi connectivity index (χ4n) is 4.47. The number of piperidine rings is 2. The predicted molar refractivity (Wildman–Crippen MR) is 112 cm³/mol. The van der Waals surface area contributed by atoms with E-state index in [2.05, 4.69) is 10.2 Å². The van der Waals surface area contributed by atoms with Gasteiger partial charge in [-0.05, 0) is 62.9 Å². The molecule has 0 saturated carbocycles. The Bertz CT molecular complexity index is 659. The van der Waals surface area contributed by atoms with Crippen LogP contribution in [0.4, 0.5) is 0 Å². The molecule has 2 fully saturated rings. The van der Waals surface area contributed by atoms with Gasteiger partial charge >= 0.3 is 5.97 Å². The zero-order chi connectivity index (χ0) is 20.5. The van der Waals surface area contributed by atoms with Crippen LogP contribution in [0.2, 0.25) is 0 Å². The first kappa shape index (κ1) is 21.6. The summed E-state index contributed by atoms with van der Waals surface area (Å²) in [4.78, 5) is 26.7. The molecule has 160 valence electrons. The van der Waals surface area contributed by atoms with Crippen LogP contribution in [0.3, 0.4) is 0 Å². The predicted octanol–water partition coefficient (Wildman–Crippen LogP) is 3.29. The molecule has 0 radical (unpaired) electrons. The highest BCUT2D eigenvalue weighted by Crippen LogP contribution is 2.31. The molecular weight excluding hydrogens is 368 g/mol. The number of amides is 1. The molecule has 0 bridgehead atoms. The minimum absolute atomic E-state index is 0.0428. The van der Waals surface area contributed by atoms with Crippen molar-refractivity contribution in [1.82, 2.24) is 10.2 Å². The van der Waals surface area contributed by atoms with Crippen molar-refractivity contribution >= 4 is 11.9 Å². The summed E-state index contributed by atoms with van der Waals surface area (Å²) in [5, 5.41) is 2.89. The van der Waals surface area contributed by atoms with E-state index in [1.165, 1.54) is 38.8 Å². The summed E-state index contributed by atoms with van der Waals surface area (Å²) in [5.74, 6) is 1.04. The normalized spacial score (nSPS) is 21.8. The highest BCUT2D eigenvalue weighted by atomic mass is 16.5. The quantitative estimate of drug-likeness (QED) is 0.642. The van der Waals surface area contributed by atoms with Gasteiger partial charge in [0.15, 0.2) is 0 Å². The molecule has 1 amide bonds. The monoisotopic (exact) mass is 402 g/mol. The summed E-state index contributed by atoms with van der Waals surface area (Å²) in [6.07, 6.45) is 7.34. The highest BCUT2D eigenvalue weighted by molar-refractivity contribution is 5.77. The van der Waals surface area contributed by atoms with E-state index in [1.54, 1.807) is 7.11 Å². The SMILES string of the molecule is COc1ccc(CNC(=O)CCCC(=O)OC[C@@H]2CCCN3CCCC[C@H]23)cc1. The van der Waals surface area contributed by atoms with E-state index in [9.17, 15) is 9.59 Å². The Labute approximate surface area is 173 Å². The lowest BCUT2D eigenvalue weighted by Crippen LogP contribution is -2.49. The number of methoxy groups -OCH3 is 1. The van der Waals surface area contributed by atoms with Crippen molar-refractivity contribution in [2.45, 2.75) is 64.0 Å². The van der Waals surface area contributed by atoms with Gasteiger partial charge in [-0.3, -0.25) is 14.5 Å². The van der Waals surface area contributed by atoms with Gasteiger partial charge in [0.1, 0.15) is 5.75 Å². The van der Waals surface area contributed by atoms with Gasteiger partial charge in [0.25, 0.3) is 0 Å². The molecule has 0 aliphatic carbocycles. The van der Waals surface area contributed by atoms with Crippen LogP contribution in [0.15, 0.2) is 24.3 Å². The standard InChI is InChI=1S/C23H34N2O4/c1-28-20-12-10-18(11-13-20)16-24-22(26)8-4-9-23(27)29-17-19-6-5-15-25-14-3-2-7-21(19)25/h10-13,19,21H,2-9,14-17H2,1H3,(H,24,26)/t19-,21+/m0/s1. The molecule has 1 aromatic rings. The largest absolute Gasteiger partial charge is 0.497 e. The Morgan fingerprint density at radius 2 is 1.86 bits per heavy atom. The topological polar surface area (TPSA) is 67.9 Å². The molecule has 1 aromatic carbocycles. The molecule has 1 N–H and O–H groups in total. The van der Waals surface area contributed by atoms with Crippen LogP contribution in [0.25, 0.3) is 0 Å². The van der Waals surface area contributed by atoms with Crippen LogP contribution in [0.5, 0.6) is 5.75 Å². The number of carbonyl (C=O) groups excluding carboxylic acids is 2. The first-order valence-corrected chi connectivity index (χ1v) is 10.9. The number of hydrogen-bond acceptors (Lipinski definition) is 5. The van der Waals surface area contributed by atoms with Gasteiger partial charge in [0.2, 0.25) is 5.91 Å². The average Bonchev–Trinajstić information content (AvgIpc) is 2.76. The molecule has 2 aliphatic rings. The summed E-state index contributed by atoms with van der Waals surface area (Å²) in [6, 6.07) is 8.19. The maximum atomic E-state index is 12.1. The van der Waals surface area contributed by atoms with Gasteiger partial charge < -0.3 is 14.8 Å². The van der Waals surface area contributed by atoms with Gasteiger partial charge in [0.05, 0.1) is 13.7 Å². The van der Waals surface area contributed by atoms with Crippen molar-refractivity contribution < 1.29 is 19.1 Å². The summed E-state index contributed by atoms with van der Waals surface area (Å²) in [6.45, 7) is 3.40. The Kier molecular flexibility index (Phi) is 8.35. The summed E-state index contributed by atoms with van der Waals surface area (Å²) >= 11 is 0. The van der Waals surface area contributed by atoms with Crippen LogP contribution < -0.4 is 10.1 Å². The number of esters is 1. The number of ether oxygens (including phenoxy) is 2. The first-order chi connectivity index (χ1) is 14.2. The third-order valence-corrected chi connectivity index (χ3v) is 6.12. The number of nitrogens with one attached hydrogen (secondary N) is 1. The molecule has 6 nitrogen and oxygen atoms in total. The molecule has 0 spiro atoms. The minimum atomic E-state index is -0.180. The lowest BCUT2D eigenvalue weighted by Gasteiger charge is -2.44. The van der Waals surface area contributed by atoms with Crippen LogP contribution in [0, 0.1) is 5.92 Å². The molecule has 2 heterocycles. The summed E-state index contributed by atoms with van der Waals surface area (Å²) in [7, 11) is 1.63. The Morgan fingerprint density at radius 3 is 2.66 bits per heavy atom. The van der Waals surface area contributed by atoms with E-state index in [4.69, 9.17) is 9.47 Å². The Hall–Kier alpha value is -2.08. The maximum absolute atomic E-state index is 12.1. The van der Waals surface area contributed by atoms with Gasteiger partial charge in [0, 0.05) is 31.3 Å². The summed E-state index contributed by atoms with van der Waals surface area (Å²) in [5.41, 5.74) is 1.02. The van der Waals surface area contributed by atoms with Crippen LogP contribution >= 0.6 is 0 Å². The number of benzene rings is 1. The van der Waals surface area contributed by atoms with Gasteiger partial charge in [-0.25, -0.2) is 0 Å². The maximum Gasteiger partial charge on any atom is 0.305 e. The van der Waals surface area contributed by atoms with Crippen LogP contribution in [-0.4, -0.2) is 49.6 Å². The fraction of sp³-hybridized carbons (Fsp3) is 0.652. The second-order valence-corrected chi connectivity index (χ2v) is 8.16. The van der Waals surface area contributed by atoms with Gasteiger partial charge in [-0.1, -0.05) is 18.6 Å². The number of rotatable bonds is 9. The van der Waals surface area contributed by atoms with E-state index in [0.29, 0.717) is 44.4 Å². The third-order valence-electron chi connectivity index (χ3n) is 6.12. The number of nitrogens with zero attached hydrogens (tertiary/aromatic N) is 1. The first-order valence-electron chi connectivity index (χ1n) is 10.9. The zero-order valence-electron chi connectivity index (χ0n) is 17.5. The van der Waals surface area contributed by atoms with Crippen molar-refractivity contribution in [1.29, 1.82) is 0 Å². The molecular formula is C23H34N2O4. The van der Waals surface area contributed by atoms with Gasteiger partial charge in [-0.2, -0.15) is 0 Å². The lowest BCUT2D eigenvalue weighted by molar-refractivity contribution is -0.146. The second kappa shape index (κ2) is 11.2. The molecule has 6 heteroatoms. The molecule has 0 unspecified atom stereocenters. The number of fused-ring (bicyclic) bond motifs is 1. The second-order valence-electron chi connectivity index (χ2n) is 8.16.